The van der Waals surface area contributed by atoms with E-state index < -0.39 is 5.91 Å². The third-order valence-electron chi connectivity index (χ3n) is 6.52. The fourth-order valence-electron chi connectivity index (χ4n) is 5.10. The summed E-state index contributed by atoms with van der Waals surface area (Å²) < 4.78 is 2.05. The monoisotopic (exact) mass is 386 g/mol. The summed E-state index contributed by atoms with van der Waals surface area (Å²) in [7, 11) is 0. The van der Waals surface area contributed by atoms with Gasteiger partial charge in [-0.2, -0.15) is 0 Å². The highest BCUT2D eigenvalue weighted by Crippen LogP contribution is 2.52. The van der Waals surface area contributed by atoms with Gasteiger partial charge in [-0.25, -0.2) is 4.98 Å². The van der Waals surface area contributed by atoms with E-state index in [1.165, 1.54) is 30.6 Å². The van der Waals surface area contributed by atoms with Gasteiger partial charge in [0.1, 0.15) is 0 Å². The highest BCUT2D eigenvalue weighted by atomic mass is 32.1. The number of rotatable bonds is 5. The number of imidazole rings is 1. The topological polar surface area (TPSA) is 104 Å². The molecule has 1 fully saturated rings. The Labute approximate surface area is 163 Å². The van der Waals surface area contributed by atoms with Gasteiger partial charge in [-0.3, -0.25) is 9.59 Å². The molecule has 0 aromatic carbocycles. The average molecular weight is 387 g/mol. The molecule has 1 atom stereocenters. The van der Waals surface area contributed by atoms with Crippen molar-refractivity contribution in [2.24, 2.45) is 17.1 Å². The normalized spacial score (nSPS) is 23.3. The summed E-state index contributed by atoms with van der Waals surface area (Å²) in [6.45, 7) is 0.779. The van der Waals surface area contributed by atoms with Gasteiger partial charge in [-0.05, 0) is 43.6 Å². The van der Waals surface area contributed by atoms with Crippen LogP contribution in [0.1, 0.15) is 70.5 Å². The Bertz CT molecular complexity index is 852. The number of nitrogen functional groups attached to an aromatic ring is 1. The van der Waals surface area contributed by atoms with Crippen molar-refractivity contribution >= 4 is 28.0 Å². The quantitative estimate of drug-likeness (QED) is 0.821. The number of carbonyl (C=O) groups is 2. The molecule has 2 aliphatic carbocycles. The highest BCUT2D eigenvalue weighted by molar-refractivity contribution is 7.18. The van der Waals surface area contributed by atoms with Crippen molar-refractivity contribution in [2.75, 3.05) is 5.73 Å². The molecular formula is C20H26N4O2S. The lowest BCUT2D eigenvalue weighted by Gasteiger charge is -2.44. The summed E-state index contributed by atoms with van der Waals surface area (Å²) >= 11 is 1.25. The summed E-state index contributed by atoms with van der Waals surface area (Å²) in [6, 6.07) is 0. The molecule has 4 rings (SSSR count). The minimum absolute atomic E-state index is 0.181. The largest absolute Gasteiger partial charge is 0.390 e. The predicted octanol–water partition coefficient (Wildman–Crippen LogP) is 3.41. The zero-order valence-electron chi connectivity index (χ0n) is 15.4. The molecule has 0 aliphatic heterocycles. The van der Waals surface area contributed by atoms with E-state index in [4.69, 9.17) is 11.5 Å². The molecule has 2 aromatic rings. The third kappa shape index (κ3) is 3.08. The van der Waals surface area contributed by atoms with Gasteiger partial charge in [0, 0.05) is 24.4 Å². The van der Waals surface area contributed by atoms with Gasteiger partial charge < -0.3 is 16.0 Å². The molecule has 2 heterocycles. The molecule has 0 radical (unpaired) electrons. The van der Waals surface area contributed by atoms with E-state index in [2.05, 4.69) is 4.98 Å². The van der Waals surface area contributed by atoms with Crippen molar-refractivity contribution in [1.29, 1.82) is 0 Å². The first-order valence-electron chi connectivity index (χ1n) is 9.74. The molecular weight excluding hydrogens is 360 g/mol. The van der Waals surface area contributed by atoms with Crippen molar-refractivity contribution in [3.63, 3.8) is 0 Å². The maximum Gasteiger partial charge on any atom is 0.251 e. The number of aromatic nitrogens is 2. The van der Waals surface area contributed by atoms with E-state index >= 15 is 0 Å². The Morgan fingerprint density at radius 1 is 1.33 bits per heavy atom. The van der Waals surface area contributed by atoms with E-state index in [0.717, 1.165) is 37.8 Å². The number of hydrogen-bond acceptors (Lipinski definition) is 5. The molecule has 0 saturated heterocycles. The Balaban J connectivity index is 1.71. The molecule has 0 spiro atoms. The van der Waals surface area contributed by atoms with Crippen LogP contribution >= 0.6 is 11.3 Å². The maximum atomic E-state index is 13.8. The number of anilines is 1. The summed E-state index contributed by atoms with van der Waals surface area (Å²) in [5.74, 6) is 0.0529. The minimum Gasteiger partial charge on any atom is -0.390 e. The standard InChI is InChI=1S/C20H26N4O2S/c21-18(26)15-14-6-7-20(13-4-2-1-3-5-13,8-10-24-11-9-23-12-24)17(25)16(14)27-19(15)22/h9,11-13H,1-8,10,22H2,(H2,21,26). The predicted molar refractivity (Wildman–Crippen MR) is 106 cm³/mol. The van der Waals surface area contributed by atoms with Crippen LogP contribution in [-0.2, 0) is 13.0 Å². The van der Waals surface area contributed by atoms with E-state index in [1.807, 2.05) is 17.1 Å². The lowest BCUT2D eigenvalue weighted by Crippen LogP contribution is -2.43. The molecule has 4 N–H and O–H groups in total. The first-order chi connectivity index (χ1) is 13.0. The second-order valence-corrected chi connectivity index (χ2v) is 8.94. The van der Waals surface area contributed by atoms with Gasteiger partial charge in [0.05, 0.1) is 21.8 Å². The number of primary amides is 1. The van der Waals surface area contributed by atoms with Crippen molar-refractivity contribution in [1.82, 2.24) is 9.55 Å². The van der Waals surface area contributed by atoms with Crippen molar-refractivity contribution in [3.8, 4) is 0 Å². The number of amides is 1. The van der Waals surface area contributed by atoms with E-state index in [1.54, 1.807) is 6.20 Å². The smallest absolute Gasteiger partial charge is 0.251 e. The van der Waals surface area contributed by atoms with E-state index in [-0.39, 0.29) is 11.2 Å². The van der Waals surface area contributed by atoms with Crippen LogP contribution in [0.15, 0.2) is 18.7 Å². The van der Waals surface area contributed by atoms with Gasteiger partial charge in [0.15, 0.2) is 5.78 Å². The van der Waals surface area contributed by atoms with Crippen molar-refractivity contribution in [2.45, 2.75) is 57.9 Å². The van der Waals surface area contributed by atoms with Crippen LogP contribution in [0.25, 0.3) is 0 Å². The number of Topliss-reactive ketones (excluding diaryl/α,β-unsaturated/α-hetero) is 1. The zero-order chi connectivity index (χ0) is 19.0. The Kier molecular flexibility index (Phi) is 4.80. The number of carbonyl (C=O) groups excluding carboxylic acids is 2. The average Bonchev–Trinajstić information content (AvgIpc) is 3.29. The van der Waals surface area contributed by atoms with Crippen molar-refractivity contribution < 1.29 is 9.59 Å². The first-order valence-corrected chi connectivity index (χ1v) is 10.6. The minimum atomic E-state index is -0.526. The van der Waals surface area contributed by atoms with Gasteiger partial charge >= 0.3 is 0 Å². The van der Waals surface area contributed by atoms with Gasteiger partial charge in [0.2, 0.25) is 0 Å². The molecule has 2 aliphatic rings. The maximum absolute atomic E-state index is 13.8. The Hall–Kier alpha value is -2.15. The molecule has 1 amide bonds. The number of aryl methyl sites for hydroxylation is 1. The zero-order valence-corrected chi connectivity index (χ0v) is 16.3. The van der Waals surface area contributed by atoms with Crippen LogP contribution < -0.4 is 11.5 Å². The number of nitrogens with two attached hydrogens (primary N) is 2. The second kappa shape index (κ2) is 7.11. The molecule has 7 heteroatoms. The summed E-state index contributed by atoms with van der Waals surface area (Å²) in [4.78, 5) is 30.4. The SMILES string of the molecule is NC(=O)c1c(N)sc2c1CCC(CCn1ccnc1)(C1CCCCC1)C2=O. The highest BCUT2D eigenvalue weighted by Gasteiger charge is 2.49. The number of ketones is 1. The van der Waals surface area contributed by atoms with Crippen molar-refractivity contribution in [3.05, 3.63) is 34.7 Å². The van der Waals surface area contributed by atoms with Crippen LogP contribution in [0.4, 0.5) is 5.00 Å². The van der Waals surface area contributed by atoms with E-state index in [9.17, 15) is 9.59 Å². The number of thiophene rings is 1. The lowest BCUT2D eigenvalue weighted by atomic mass is 9.59. The first kappa shape index (κ1) is 18.2. The lowest BCUT2D eigenvalue weighted by molar-refractivity contribution is 0.0485. The second-order valence-electron chi connectivity index (χ2n) is 7.88. The summed E-state index contributed by atoms with van der Waals surface area (Å²) in [5.41, 5.74) is 12.4. The third-order valence-corrected chi connectivity index (χ3v) is 7.58. The molecule has 144 valence electrons. The van der Waals surface area contributed by atoms with Gasteiger partial charge in [-0.15, -0.1) is 11.3 Å². The molecule has 2 aromatic heterocycles. The van der Waals surface area contributed by atoms with E-state index in [0.29, 0.717) is 27.8 Å². The molecule has 1 saturated carbocycles. The number of fused-ring (bicyclic) bond motifs is 1. The Morgan fingerprint density at radius 3 is 2.78 bits per heavy atom. The van der Waals surface area contributed by atoms with Crippen LogP contribution in [0.5, 0.6) is 0 Å². The summed E-state index contributed by atoms with van der Waals surface area (Å²) in [6.07, 6.45) is 13.6. The fraction of sp³-hybridized carbons (Fsp3) is 0.550. The van der Waals surface area contributed by atoms with Crippen LogP contribution in [-0.4, -0.2) is 21.2 Å². The van der Waals surface area contributed by atoms with Crippen LogP contribution in [0.2, 0.25) is 0 Å². The van der Waals surface area contributed by atoms with Crippen LogP contribution in [0.3, 0.4) is 0 Å². The fourth-order valence-corrected chi connectivity index (χ4v) is 6.27. The molecule has 6 nitrogen and oxygen atoms in total. The molecule has 27 heavy (non-hydrogen) atoms. The summed E-state index contributed by atoms with van der Waals surface area (Å²) in [5, 5.41) is 0.384. The molecule has 0 bridgehead atoms. The molecule has 1 unspecified atom stereocenters. The number of nitrogens with zero attached hydrogens (tertiary/aromatic N) is 2. The Morgan fingerprint density at radius 2 is 2.11 bits per heavy atom. The van der Waals surface area contributed by atoms with Crippen LogP contribution in [0, 0.1) is 11.3 Å². The van der Waals surface area contributed by atoms with Gasteiger partial charge in [-0.1, -0.05) is 19.3 Å². The van der Waals surface area contributed by atoms with Gasteiger partial charge in [0.25, 0.3) is 5.91 Å². The number of hydrogen-bond donors (Lipinski definition) is 2.